The summed E-state index contributed by atoms with van der Waals surface area (Å²) in [5.41, 5.74) is 6.58. The molecule has 0 spiro atoms. The molecule has 0 amide bonds. The highest BCUT2D eigenvalue weighted by Crippen LogP contribution is 2.09. The molecule has 1 aromatic rings. The highest BCUT2D eigenvalue weighted by Gasteiger charge is 2.07. The first-order valence-corrected chi connectivity index (χ1v) is 5.89. The molecule has 1 aromatic heterocycles. The zero-order chi connectivity index (χ0) is 12.0. The molecule has 2 N–H and O–H groups in total. The smallest absolute Gasteiger partial charge is 0.224 e. The molecule has 90 valence electrons. The fourth-order valence-corrected chi connectivity index (χ4v) is 1.52. The minimum Gasteiger partial charge on any atom is -0.344 e. The SMILES string of the molecule is CCC(C)CN(C)c1ncc(CCN)cn1. The predicted octanol–water partition coefficient (Wildman–Crippen LogP) is 1.46. The molecule has 0 aliphatic heterocycles. The van der Waals surface area contributed by atoms with E-state index in [1.165, 1.54) is 6.42 Å². The summed E-state index contributed by atoms with van der Waals surface area (Å²) in [4.78, 5) is 10.8. The van der Waals surface area contributed by atoms with E-state index in [2.05, 4.69) is 28.7 Å². The van der Waals surface area contributed by atoms with Crippen molar-refractivity contribution in [1.82, 2.24) is 9.97 Å². The Labute approximate surface area is 97.9 Å². The van der Waals surface area contributed by atoms with E-state index in [4.69, 9.17) is 5.73 Å². The predicted molar refractivity (Wildman–Crippen MR) is 67.5 cm³/mol. The molecular formula is C12H22N4. The van der Waals surface area contributed by atoms with E-state index in [0.717, 1.165) is 24.5 Å². The third-order valence-corrected chi connectivity index (χ3v) is 2.75. The van der Waals surface area contributed by atoms with E-state index >= 15 is 0 Å². The van der Waals surface area contributed by atoms with Crippen LogP contribution in [0.5, 0.6) is 0 Å². The van der Waals surface area contributed by atoms with Gasteiger partial charge in [0.2, 0.25) is 5.95 Å². The van der Waals surface area contributed by atoms with Crippen LogP contribution in [0, 0.1) is 5.92 Å². The third kappa shape index (κ3) is 3.77. The molecule has 0 bridgehead atoms. The van der Waals surface area contributed by atoms with Crippen molar-refractivity contribution in [3.05, 3.63) is 18.0 Å². The summed E-state index contributed by atoms with van der Waals surface area (Å²) < 4.78 is 0. The summed E-state index contributed by atoms with van der Waals surface area (Å²) in [6, 6.07) is 0. The van der Waals surface area contributed by atoms with E-state index < -0.39 is 0 Å². The lowest BCUT2D eigenvalue weighted by Gasteiger charge is -2.20. The minimum absolute atomic E-state index is 0.644. The van der Waals surface area contributed by atoms with Crippen molar-refractivity contribution in [1.29, 1.82) is 0 Å². The Bertz CT molecular complexity index is 296. The van der Waals surface area contributed by atoms with Crippen molar-refractivity contribution in [3.63, 3.8) is 0 Å². The standard InChI is InChI=1S/C12H22N4/c1-4-10(2)9-16(3)12-14-7-11(5-6-13)8-15-12/h7-8,10H,4-6,9,13H2,1-3H3. The van der Waals surface area contributed by atoms with Crippen molar-refractivity contribution in [2.24, 2.45) is 11.7 Å². The highest BCUT2D eigenvalue weighted by atomic mass is 15.2. The van der Waals surface area contributed by atoms with Crippen LogP contribution in [-0.2, 0) is 6.42 Å². The van der Waals surface area contributed by atoms with Gasteiger partial charge in [-0.15, -0.1) is 0 Å². The molecule has 0 aliphatic rings. The van der Waals surface area contributed by atoms with Crippen LogP contribution in [0.4, 0.5) is 5.95 Å². The van der Waals surface area contributed by atoms with E-state index in [9.17, 15) is 0 Å². The first kappa shape index (κ1) is 12.9. The maximum Gasteiger partial charge on any atom is 0.224 e. The summed E-state index contributed by atoms with van der Waals surface area (Å²) >= 11 is 0. The summed E-state index contributed by atoms with van der Waals surface area (Å²) in [6.07, 6.45) is 5.75. The second-order valence-corrected chi connectivity index (χ2v) is 4.32. The number of nitrogens with two attached hydrogens (primary N) is 1. The number of nitrogens with zero attached hydrogens (tertiary/aromatic N) is 3. The Morgan fingerprint density at radius 1 is 1.38 bits per heavy atom. The number of hydrogen-bond donors (Lipinski definition) is 1. The van der Waals surface area contributed by atoms with Gasteiger partial charge in [-0.2, -0.15) is 0 Å². The normalized spacial score (nSPS) is 12.5. The van der Waals surface area contributed by atoms with Crippen molar-refractivity contribution in [2.75, 3.05) is 25.0 Å². The molecule has 0 aromatic carbocycles. The first-order chi connectivity index (χ1) is 7.67. The van der Waals surface area contributed by atoms with Gasteiger partial charge in [0.25, 0.3) is 0 Å². The summed E-state index contributed by atoms with van der Waals surface area (Å²) in [5.74, 6) is 1.46. The van der Waals surface area contributed by atoms with Crippen LogP contribution < -0.4 is 10.6 Å². The molecule has 16 heavy (non-hydrogen) atoms. The fourth-order valence-electron chi connectivity index (χ4n) is 1.52. The van der Waals surface area contributed by atoms with Crippen molar-refractivity contribution in [3.8, 4) is 0 Å². The van der Waals surface area contributed by atoms with E-state index in [1.807, 2.05) is 19.4 Å². The second kappa shape index (κ2) is 6.43. The van der Waals surface area contributed by atoms with Gasteiger partial charge in [0.15, 0.2) is 0 Å². The maximum atomic E-state index is 5.48. The molecule has 1 atom stereocenters. The topological polar surface area (TPSA) is 55.0 Å². The zero-order valence-electron chi connectivity index (χ0n) is 10.5. The van der Waals surface area contributed by atoms with Gasteiger partial charge in [0, 0.05) is 26.0 Å². The zero-order valence-corrected chi connectivity index (χ0v) is 10.5. The van der Waals surface area contributed by atoms with Gasteiger partial charge in [0.1, 0.15) is 0 Å². The Hall–Kier alpha value is -1.16. The summed E-state index contributed by atoms with van der Waals surface area (Å²) in [6.45, 7) is 6.07. The average Bonchev–Trinajstić information content (AvgIpc) is 2.30. The lowest BCUT2D eigenvalue weighted by atomic mass is 10.1. The van der Waals surface area contributed by atoms with Gasteiger partial charge < -0.3 is 10.6 Å². The van der Waals surface area contributed by atoms with Crippen LogP contribution in [0.15, 0.2) is 12.4 Å². The highest BCUT2D eigenvalue weighted by molar-refractivity contribution is 5.28. The lowest BCUT2D eigenvalue weighted by molar-refractivity contribution is 0.555. The molecule has 4 heteroatoms. The molecule has 0 saturated heterocycles. The van der Waals surface area contributed by atoms with Gasteiger partial charge in [-0.3, -0.25) is 0 Å². The van der Waals surface area contributed by atoms with Crippen molar-refractivity contribution in [2.45, 2.75) is 26.7 Å². The second-order valence-electron chi connectivity index (χ2n) is 4.32. The monoisotopic (exact) mass is 222 g/mol. The van der Waals surface area contributed by atoms with E-state index in [1.54, 1.807) is 0 Å². The molecule has 0 aliphatic carbocycles. The number of hydrogen-bond acceptors (Lipinski definition) is 4. The minimum atomic E-state index is 0.644. The molecule has 4 nitrogen and oxygen atoms in total. The largest absolute Gasteiger partial charge is 0.344 e. The van der Waals surface area contributed by atoms with Crippen molar-refractivity contribution < 1.29 is 0 Å². The number of aromatic nitrogens is 2. The number of rotatable bonds is 6. The van der Waals surface area contributed by atoms with Crippen LogP contribution >= 0.6 is 0 Å². The Kier molecular flexibility index (Phi) is 5.19. The summed E-state index contributed by atoms with van der Waals surface area (Å²) in [7, 11) is 2.03. The molecule has 0 fully saturated rings. The Morgan fingerprint density at radius 2 is 2.00 bits per heavy atom. The van der Waals surface area contributed by atoms with E-state index in [0.29, 0.717) is 12.5 Å². The first-order valence-electron chi connectivity index (χ1n) is 5.89. The Balaban J connectivity index is 2.59. The van der Waals surface area contributed by atoms with Crippen LogP contribution in [-0.4, -0.2) is 30.1 Å². The van der Waals surface area contributed by atoms with Gasteiger partial charge in [-0.05, 0) is 24.4 Å². The molecule has 1 heterocycles. The maximum absolute atomic E-state index is 5.48. The van der Waals surface area contributed by atoms with Crippen LogP contribution in [0.3, 0.4) is 0 Å². The molecule has 0 saturated carbocycles. The van der Waals surface area contributed by atoms with Gasteiger partial charge in [-0.1, -0.05) is 20.3 Å². The average molecular weight is 222 g/mol. The van der Waals surface area contributed by atoms with E-state index in [-0.39, 0.29) is 0 Å². The Morgan fingerprint density at radius 3 is 2.50 bits per heavy atom. The number of anilines is 1. The lowest BCUT2D eigenvalue weighted by Crippen LogP contribution is -2.25. The molecule has 1 unspecified atom stereocenters. The third-order valence-electron chi connectivity index (χ3n) is 2.75. The van der Waals surface area contributed by atoms with Crippen LogP contribution in [0.25, 0.3) is 0 Å². The molecular weight excluding hydrogens is 200 g/mol. The van der Waals surface area contributed by atoms with Crippen molar-refractivity contribution >= 4 is 5.95 Å². The van der Waals surface area contributed by atoms with Gasteiger partial charge >= 0.3 is 0 Å². The van der Waals surface area contributed by atoms with Crippen LogP contribution in [0.2, 0.25) is 0 Å². The van der Waals surface area contributed by atoms with Crippen LogP contribution in [0.1, 0.15) is 25.8 Å². The summed E-state index contributed by atoms with van der Waals surface area (Å²) in [5, 5.41) is 0. The fraction of sp³-hybridized carbons (Fsp3) is 0.667. The molecule has 1 rings (SSSR count). The van der Waals surface area contributed by atoms with Gasteiger partial charge in [-0.25, -0.2) is 9.97 Å². The quantitative estimate of drug-likeness (QED) is 0.791. The van der Waals surface area contributed by atoms with Gasteiger partial charge in [0.05, 0.1) is 0 Å². The molecule has 0 radical (unpaired) electrons.